The molecule has 2 aliphatic rings. The fourth-order valence-electron chi connectivity index (χ4n) is 10.4. The molecule has 0 amide bonds. The van der Waals surface area contributed by atoms with Crippen LogP contribution in [0.15, 0.2) is 106 Å². The second kappa shape index (κ2) is 29.7. The Kier molecular flexibility index (Phi) is 22.4. The number of rotatable bonds is 26. The van der Waals surface area contributed by atoms with E-state index in [1.165, 1.54) is 38.1 Å². The summed E-state index contributed by atoms with van der Waals surface area (Å²) >= 11 is 0. The van der Waals surface area contributed by atoms with Crippen LogP contribution in [-0.4, -0.2) is 130 Å². The van der Waals surface area contributed by atoms with Gasteiger partial charge in [-0.25, -0.2) is 13.6 Å². The topological polar surface area (TPSA) is 185 Å². The standard InChI is InChI=1S/C31H38FN2O7.C31H38FN2O6/c1-4-5-6-17-39-31(36)40-21-34(14-7-18-38-27-11-8-24(22(2)35)19-29(27)37-3)15-12-23(13-16-34)30-26-10-9-25(32)20-28(26)41-33-30;1-4-5-6-8-30(36)39-21-34(15-7-18-38-27-12-9-24(22(2)35)19-29(27)37-3)16-13-23(14-17-34)31-26-11-10-25(32)20-28(26)40-33-31/h5-6,8-11,19-20,23H,4,7,12-18,21H2,1-3H3;5-6,9-12,19-20,23H,4,7-8,13-18,21H2,1-3H3/q2*+1/b2*6-5+. The van der Waals surface area contributed by atoms with Crippen molar-refractivity contribution in [3.63, 3.8) is 0 Å². The molecule has 19 heteroatoms. The number of benzene rings is 4. The Morgan fingerprint density at radius 2 is 1.04 bits per heavy atom. The molecule has 2 aromatic heterocycles. The van der Waals surface area contributed by atoms with E-state index >= 15 is 0 Å². The Bertz CT molecular complexity index is 3120. The van der Waals surface area contributed by atoms with Gasteiger partial charge in [0.25, 0.3) is 0 Å². The number of methoxy groups -OCH3 is 2. The predicted molar refractivity (Wildman–Crippen MR) is 300 cm³/mol. The van der Waals surface area contributed by atoms with Crippen molar-refractivity contribution in [1.29, 1.82) is 0 Å². The number of nitrogens with zero attached hydrogens (tertiary/aromatic N) is 4. The van der Waals surface area contributed by atoms with Gasteiger partial charge in [-0.15, -0.1) is 0 Å². The van der Waals surface area contributed by atoms with Gasteiger partial charge in [-0.3, -0.25) is 23.3 Å². The number of piperidine rings is 2. The van der Waals surface area contributed by atoms with Crippen LogP contribution in [0.1, 0.15) is 129 Å². The van der Waals surface area contributed by atoms with E-state index in [9.17, 15) is 28.0 Å². The fourth-order valence-corrected chi connectivity index (χ4v) is 10.4. The molecular formula is C62H76F2N4O13+2. The summed E-state index contributed by atoms with van der Waals surface area (Å²) in [6.45, 7) is 13.2. The molecule has 0 saturated carbocycles. The predicted octanol–water partition coefficient (Wildman–Crippen LogP) is 12.6. The number of ketones is 2. The minimum atomic E-state index is -0.693. The minimum Gasteiger partial charge on any atom is -0.493 e. The number of hydrogen-bond donors (Lipinski definition) is 0. The van der Waals surface area contributed by atoms with Crippen LogP contribution < -0.4 is 18.9 Å². The van der Waals surface area contributed by atoms with Gasteiger partial charge in [0.2, 0.25) is 13.5 Å². The minimum absolute atomic E-state index is 0.0368. The number of hydrogen-bond acceptors (Lipinski definition) is 15. The maximum absolute atomic E-state index is 13.6. The molecular weight excluding hydrogens is 1050 g/mol. The van der Waals surface area contributed by atoms with Crippen molar-refractivity contribution in [1.82, 2.24) is 10.3 Å². The highest BCUT2D eigenvalue weighted by Crippen LogP contribution is 2.38. The summed E-state index contributed by atoms with van der Waals surface area (Å²) < 4.78 is 78.6. The van der Waals surface area contributed by atoms with Crippen LogP contribution in [0.3, 0.4) is 0 Å². The van der Waals surface area contributed by atoms with Gasteiger partial charge >= 0.3 is 12.1 Å². The van der Waals surface area contributed by atoms with Crippen LogP contribution in [0.4, 0.5) is 13.6 Å². The second-order valence-electron chi connectivity index (χ2n) is 20.7. The summed E-state index contributed by atoms with van der Waals surface area (Å²) in [6.07, 6.45) is 13.6. The highest BCUT2D eigenvalue weighted by Gasteiger charge is 2.39. The number of halogens is 2. The first-order chi connectivity index (χ1) is 39.2. The van der Waals surface area contributed by atoms with E-state index in [0.717, 1.165) is 99.8 Å². The molecule has 2 aliphatic heterocycles. The smallest absolute Gasteiger partial charge is 0.493 e. The first-order valence-electron chi connectivity index (χ1n) is 27.9. The van der Waals surface area contributed by atoms with Crippen molar-refractivity contribution in [3.05, 3.63) is 131 Å². The Hall–Kier alpha value is -7.64. The summed E-state index contributed by atoms with van der Waals surface area (Å²) in [4.78, 5) is 48.1. The van der Waals surface area contributed by atoms with Crippen LogP contribution in [0.25, 0.3) is 21.9 Å². The van der Waals surface area contributed by atoms with Crippen molar-refractivity contribution in [3.8, 4) is 23.0 Å². The third-order valence-corrected chi connectivity index (χ3v) is 15.1. The van der Waals surface area contributed by atoms with Crippen LogP contribution in [0, 0.1) is 11.6 Å². The zero-order valence-corrected chi connectivity index (χ0v) is 47.4. The number of carbonyl (C=O) groups is 4. The third kappa shape index (κ3) is 17.0. The SMILES string of the molecule is CC/C=C/CC(=O)OC[N+]1(CCCOc2ccc(C(C)=O)cc2OC)CCC(c2noc3cc(F)ccc23)CC1.CC/C=C/COC(=O)OC[N+]1(CCCOc2ccc(C(C)=O)cc2OC)CCC(c2noc3cc(F)ccc23)CC1. The quantitative estimate of drug-likeness (QED) is 0.0164. The van der Waals surface area contributed by atoms with Gasteiger partial charge in [0, 0.05) is 84.4 Å². The lowest BCUT2D eigenvalue weighted by molar-refractivity contribution is -0.948. The van der Waals surface area contributed by atoms with E-state index in [4.69, 9.17) is 42.2 Å². The molecule has 0 aliphatic carbocycles. The molecule has 81 heavy (non-hydrogen) atoms. The summed E-state index contributed by atoms with van der Waals surface area (Å²) in [5.74, 6) is 1.49. The van der Waals surface area contributed by atoms with Gasteiger partial charge in [0.05, 0.1) is 84.5 Å². The maximum atomic E-state index is 13.6. The van der Waals surface area contributed by atoms with Crippen molar-refractivity contribution in [2.45, 2.75) is 97.3 Å². The highest BCUT2D eigenvalue weighted by molar-refractivity contribution is 5.95. The van der Waals surface area contributed by atoms with Crippen molar-refractivity contribution >= 4 is 45.6 Å². The number of esters is 1. The van der Waals surface area contributed by atoms with Crippen LogP contribution >= 0.6 is 0 Å². The van der Waals surface area contributed by atoms with Gasteiger partial charge in [-0.1, -0.05) is 48.5 Å². The van der Waals surface area contributed by atoms with E-state index in [0.29, 0.717) is 87.2 Å². The molecule has 8 rings (SSSR count). The van der Waals surface area contributed by atoms with E-state index in [1.54, 1.807) is 68.8 Å². The third-order valence-electron chi connectivity index (χ3n) is 15.1. The van der Waals surface area contributed by atoms with Gasteiger partial charge in [0.15, 0.2) is 45.7 Å². The number of aromatic nitrogens is 2. The molecule has 6 aromatic rings. The molecule has 4 heterocycles. The van der Waals surface area contributed by atoms with Gasteiger partial charge in [-0.2, -0.15) is 0 Å². The lowest BCUT2D eigenvalue weighted by atomic mass is 9.90. The Balaban J connectivity index is 0.000000234. The zero-order chi connectivity index (χ0) is 57.8. The Morgan fingerprint density at radius 3 is 1.48 bits per heavy atom. The number of ether oxygens (including phenoxy) is 7. The molecule has 434 valence electrons. The molecule has 0 radical (unpaired) electrons. The number of likely N-dealkylation sites (tertiary alicyclic amines) is 2. The molecule has 2 fully saturated rings. The van der Waals surface area contributed by atoms with Crippen LogP contribution in [0.5, 0.6) is 23.0 Å². The van der Waals surface area contributed by atoms with Crippen molar-refractivity contribution < 1.29 is 79.1 Å². The number of carbonyl (C=O) groups excluding carboxylic acids is 4. The zero-order valence-electron chi connectivity index (χ0n) is 47.4. The average Bonchev–Trinajstić information content (AvgIpc) is 4.11. The Labute approximate surface area is 471 Å². The molecule has 4 aromatic carbocycles. The monoisotopic (exact) mass is 1120 g/mol. The van der Waals surface area contributed by atoms with E-state index in [2.05, 4.69) is 10.3 Å². The average molecular weight is 1120 g/mol. The lowest BCUT2D eigenvalue weighted by Gasteiger charge is -2.42. The molecule has 17 nitrogen and oxygen atoms in total. The van der Waals surface area contributed by atoms with Crippen molar-refractivity contribution in [2.24, 2.45) is 0 Å². The normalized spacial score (nSPS) is 19.0. The molecule has 2 saturated heterocycles. The molecule has 0 bridgehead atoms. The molecule has 0 atom stereocenters. The summed E-state index contributed by atoms with van der Waals surface area (Å²) in [5.41, 5.74) is 3.72. The van der Waals surface area contributed by atoms with Gasteiger partial charge in [0.1, 0.15) is 18.2 Å². The maximum Gasteiger partial charge on any atom is 0.512 e. The van der Waals surface area contributed by atoms with E-state index < -0.39 is 6.16 Å². The van der Waals surface area contributed by atoms with Crippen LogP contribution in [0.2, 0.25) is 0 Å². The second-order valence-corrected chi connectivity index (χ2v) is 20.7. The summed E-state index contributed by atoms with van der Waals surface area (Å²) in [7, 11) is 3.09. The number of allylic oxidation sites excluding steroid dienone is 2. The Morgan fingerprint density at radius 1 is 0.580 bits per heavy atom. The molecule has 0 N–H and O–H groups in total. The largest absolute Gasteiger partial charge is 0.512 e. The molecule has 0 spiro atoms. The summed E-state index contributed by atoms with van der Waals surface area (Å²) in [5, 5.41) is 10.2. The highest BCUT2D eigenvalue weighted by atomic mass is 19.1. The molecule has 0 unspecified atom stereocenters. The van der Waals surface area contributed by atoms with Gasteiger partial charge < -0.3 is 42.2 Å². The van der Waals surface area contributed by atoms with E-state index in [1.807, 2.05) is 32.1 Å². The van der Waals surface area contributed by atoms with Crippen LogP contribution in [-0.2, 0) is 19.0 Å². The number of fused-ring (bicyclic) bond motifs is 2. The first kappa shape index (κ1) is 61.0. The number of quaternary nitrogens is 2. The van der Waals surface area contributed by atoms with Gasteiger partial charge in [-0.05, 0) is 87.4 Å². The first-order valence-corrected chi connectivity index (χ1v) is 27.9. The lowest BCUT2D eigenvalue weighted by Crippen LogP contribution is -2.55. The van der Waals surface area contributed by atoms with E-state index in [-0.39, 0.29) is 60.8 Å². The fraction of sp³-hybridized carbons (Fsp3) is 0.452. The number of Topliss-reactive ketones (excluding diaryl/α,β-unsaturated/α-hetero) is 2. The van der Waals surface area contributed by atoms with Crippen molar-refractivity contribution in [2.75, 3.05) is 86.8 Å². The summed E-state index contributed by atoms with van der Waals surface area (Å²) in [6, 6.07) is 19.3.